The molecule has 0 saturated carbocycles. The minimum atomic E-state index is -1.14. The van der Waals surface area contributed by atoms with Gasteiger partial charge in [0.25, 0.3) is 5.56 Å². The Hall–Kier alpha value is -2.15. The van der Waals surface area contributed by atoms with Gasteiger partial charge in [0.05, 0.1) is 12.3 Å². The number of nitrogens with zero attached hydrogens (tertiary/aromatic N) is 2. The zero-order valence-electron chi connectivity index (χ0n) is 8.43. The van der Waals surface area contributed by atoms with Gasteiger partial charge in [-0.2, -0.15) is 0 Å². The molecule has 16 heavy (non-hydrogen) atoms. The van der Waals surface area contributed by atoms with Gasteiger partial charge in [0.1, 0.15) is 5.69 Å². The molecule has 0 fully saturated rings. The predicted molar refractivity (Wildman–Crippen MR) is 53.5 cm³/mol. The second kappa shape index (κ2) is 3.78. The Balaban J connectivity index is 2.63. The van der Waals surface area contributed by atoms with Gasteiger partial charge in [-0.3, -0.25) is 9.89 Å². The van der Waals surface area contributed by atoms with Gasteiger partial charge in [-0.1, -0.05) is 0 Å². The second-order valence-electron chi connectivity index (χ2n) is 3.19. The fraction of sp³-hybridized carbons (Fsp3) is 0.222. The molecule has 0 unspecified atom stereocenters. The number of fused-ring (bicyclic) bond motifs is 1. The fourth-order valence-electron chi connectivity index (χ4n) is 1.37. The lowest BCUT2D eigenvalue weighted by Gasteiger charge is -1.98. The molecule has 0 spiro atoms. The van der Waals surface area contributed by atoms with Gasteiger partial charge in [0, 0.05) is 19.2 Å². The molecule has 0 aliphatic rings. The van der Waals surface area contributed by atoms with Crippen molar-refractivity contribution in [1.29, 1.82) is 0 Å². The van der Waals surface area contributed by atoms with Crippen molar-refractivity contribution in [3.8, 4) is 0 Å². The summed E-state index contributed by atoms with van der Waals surface area (Å²) < 4.78 is 5.92. The van der Waals surface area contributed by atoms with Gasteiger partial charge >= 0.3 is 5.97 Å². The molecule has 2 rings (SSSR count). The maximum absolute atomic E-state index is 11.6. The standard InChI is InChI=1S/C9H9N3O4/c1-16-4-5-2-8(13)12-7(10-5)3-6(11-12)9(14)15/h2-3,11H,4H2,1H3,(H,14,15). The zero-order chi connectivity index (χ0) is 11.7. The van der Waals surface area contributed by atoms with Gasteiger partial charge in [0.2, 0.25) is 0 Å². The quantitative estimate of drug-likeness (QED) is 0.755. The van der Waals surface area contributed by atoms with E-state index in [2.05, 4.69) is 10.1 Å². The summed E-state index contributed by atoms with van der Waals surface area (Å²) in [7, 11) is 1.49. The highest BCUT2D eigenvalue weighted by Gasteiger charge is 2.10. The highest BCUT2D eigenvalue weighted by molar-refractivity contribution is 5.86. The van der Waals surface area contributed by atoms with Crippen LogP contribution in [0.3, 0.4) is 0 Å². The van der Waals surface area contributed by atoms with Gasteiger partial charge in [0.15, 0.2) is 5.65 Å². The lowest BCUT2D eigenvalue weighted by molar-refractivity contribution is 0.0690. The minimum absolute atomic E-state index is 0.0841. The van der Waals surface area contributed by atoms with E-state index in [1.54, 1.807) is 0 Å². The summed E-state index contributed by atoms with van der Waals surface area (Å²) in [5.41, 5.74) is 0.268. The first-order chi connectivity index (χ1) is 7.61. The number of carboxylic acids is 1. The molecule has 0 aromatic carbocycles. The van der Waals surface area contributed by atoms with Crippen LogP contribution >= 0.6 is 0 Å². The summed E-state index contributed by atoms with van der Waals surface area (Å²) in [6, 6.07) is 2.58. The third kappa shape index (κ3) is 1.68. The number of carbonyl (C=O) groups is 1. The van der Waals surface area contributed by atoms with E-state index in [0.717, 1.165) is 4.52 Å². The average Bonchev–Trinajstić information content (AvgIpc) is 2.62. The minimum Gasteiger partial charge on any atom is -0.477 e. The molecule has 0 aliphatic carbocycles. The number of methoxy groups -OCH3 is 1. The Kier molecular flexibility index (Phi) is 2.45. The van der Waals surface area contributed by atoms with Crippen LogP contribution in [0.15, 0.2) is 16.9 Å². The van der Waals surface area contributed by atoms with Crippen LogP contribution in [-0.2, 0) is 11.3 Å². The van der Waals surface area contributed by atoms with Crippen LogP contribution in [0.4, 0.5) is 0 Å². The number of aromatic nitrogens is 3. The number of rotatable bonds is 3. The Morgan fingerprint density at radius 3 is 3.00 bits per heavy atom. The van der Waals surface area contributed by atoms with Crippen molar-refractivity contribution in [2.45, 2.75) is 6.61 Å². The van der Waals surface area contributed by atoms with Gasteiger partial charge in [-0.15, -0.1) is 0 Å². The first kappa shape index (κ1) is 10.4. The molecule has 2 N–H and O–H groups in total. The Labute approximate surface area is 89.3 Å². The van der Waals surface area contributed by atoms with Gasteiger partial charge in [-0.25, -0.2) is 14.3 Å². The van der Waals surface area contributed by atoms with Crippen LogP contribution in [0.5, 0.6) is 0 Å². The van der Waals surface area contributed by atoms with Crippen LogP contribution in [0, 0.1) is 0 Å². The lowest BCUT2D eigenvalue weighted by atomic mass is 10.4. The SMILES string of the molecule is COCc1cc(=O)n2[nH]c(C(=O)O)cc2n1. The van der Waals surface area contributed by atoms with Gasteiger partial charge < -0.3 is 9.84 Å². The molecule has 84 valence electrons. The number of nitrogens with one attached hydrogen (secondary N) is 1. The molecule has 0 bridgehead atoms. The summed E-state index contributed by atoms with van der Waals surface area (Å²) in [6.07, 6.45) is 0. The van der Waals surface area contributed by atoms with Crippen molar-refractivity contribution in [1.82, 2.24) is 14.6 Å². The van der Waals surface area contributed by atoms with Crippen molar-refractivity contribution in [2.75, 3.05) is 7.11 Å². The molecule has 7 nitrogen and oxygen atoms in total. The van der Waals surface area contributed by atoms with E-state index in [1.165, 1.54) is 19.2 Å². The van der Waals surface area contributed by atoms with Crippen molar-refractivity contribution in [3.05, 3.63) is 33.9 Å². The number of aromatic carboxylic acids is 1. The second-order valence-corrected chi connectivity index (χ2v) is 3.19. The molecule has 0 amide bonds. The smallest absolute Gasteiger partial charge is 0.353 e. The first-order valence-corrected chi connectivity index (χ1v) is 4.46. The van der Waals surface area contributed by atoms with E-state index >= 15 is 0 Å². The van der Waals surface area contributed by atoms with Crippen LogP contribution in [0.2, 0.25) is 0 Å². The van der Waals surface area contributed by atoms with E-state index in [0.29, 0.717) is 5.69 Å². The van der Waals surface area contributed by atoms with Crippen LogP contribution in [-0.4, -0.2) is 32.8 Å². The Morgan fingerprint density at radius 2 is 2.38 bits per heavy atom. The molecule has 2 aromatic rings. The van der Waals surface area contributed by atoms with Crippen molar-refractivity contribution in [2.24, 2.45) is 0 Å². The third-order valence-corrected chi connectivity index (χ3v) is 2.03. The Bertz CT molecular complexity index is 598. The highest BCUT2D eigenvalue weighted by Crippen LogP contribution is 2.03. The van der Waals surface area contributed by atoms with Crippen molar-refractivity contribution in [3.63, 3.8) is 0 Å². The number of carboxylic acid groups (broad SMARTS) is 1. The van der Waals surface area contributed by atoms with E-state index in [4.69, 9.17) is 9.84 Å². The number of H-pyrrole nitrogens is 1. The molecule has 0 saturated heterocycles. The summed E-state index contributed by atoms with van der Waals surface area (Å²) in [5, 5.41) is 11.2. The number of hydrogen-bond acceptors (Lipinski definition) is 4. The predicted octanol–water partition coefficient (Wildman–Crippen LogP) is -0.133. The summed E-state index contributed by atoms with van der Waals surface area (Å²) in [4.78, 5) is 26.3. The summed E-state index contributed by atoms with van der Waals surface area (Å²) >= 11 is 0. The normalized spacial score (nSPS) is 10.8. The Morgan fingerprint density at radius 1 is 1.62 bits per heavy atom. The topological polar surface area (TPSA) is 96.7 Å². The molecule has 2 aromatic heterocycles. The molecule has 2 heterocycles. The third-order valence-electron chi connectivity index (χ3n) is 2.03. The highest BCUT2D eigenvalue weighted by atomic mass is 16.5. The maximum atomic E-state index is 11.6. The fourth-order valence-corrected chi connectivity index (χ4v) is 1.37. The molecule has 0 radical (unpaired) electrons. The first-order valence-electron chi connectivity index (χ1n) is 4.46. The monoisotopic (exact) mass is 223 g/mol. The van der Waals surface area contributed by atoms with E-state index < -0.39 is 5.97 Å². The summed E-state index contributed by atoms with van der Waals surface area (Å²) in [5.74, 6) is -1.14. The molecule has 0 aliphatic heterocycles. The van der Waals surface area contributed by atoms with Crippen molar-refractivity contribution >= 4 is 11.6 Å². The number of hydrogen-bond donors (Lipinski definition) is 2. The van der Waals surface area contributed by atoms with Gasteiger partial charge in [-0.05, 0) is 0 Å². The van der Waals surface area contributed by atoms with Crippen LogP contribution in [0.25, 0.3) is 5.65 Å². The van der Waals surface area contributed by atoms with E-state index in [-0.39, 0.29) is 23.5 Å². The maximum Gasteiger partial charge on any atom is 0.353 e. The largest absolute Gasteiger partial charge is 0.477 e. The molecular formula is C9H9N3O4. The average molecular weight is 223 g/mol. The van der Waals surface area contributed by atoms with E-state index in [9.17, 15) is 9.59 Å². The lowest BCUT2D eigenvalue weighted by Crippen LogP contribution is -2.16. The number of aromatic amines is 1. The summed E-state index contributed by atoms with van der Waals surface area (Å²) in [6.45, 7) is 0.208. The zero-order valence-corrected chi connectivity index (χ0v) is 8.43. The molecule has 0 atom stereocenters. The molecular weight excluding hydrogens is 214 g/mol. The van der Waals surface area contributed by atoms with E-state index in [1.807, 2.05) is 0 Å². The van der Waals surface area contributed by atoms with Crippen LogP contribution in [0.1, 0.15) is 16.2 Å². The molecule has 7 heteroatoms. The van der Waals surface area contributed by atoms with Crippen molar-refractivity contribution < 1.29 is 14.6 Å². The number of ether oxygens (including phenoxy) is 1. The van der Waals surface area contributed by atoms with Crippen LogP contribution < -0.4 is 5.56 Å².